The van der Waals surface area contributed by atoms with Crippen molar-refractivity contribution in [3.05, 3.63) is 82.0 Å². The molecule has 3 aromatic rings. The Kier molecular flexibility index (Phi) is 5.07. The van der Waals surface area contributed by atoms with Gasteiger partial charge in [0, 0.05) is 23.6 Å². The van der Waals surface area contributed by atoms with Crippen molar-refractivity contribution in [1.29, 1.82) is 0 Å². The second-order valence-corrected chi connectivity index (χ2v) is 7.77. The Morgan fingerprint density at radius 2 is 2.00 bits per heavy atom. The maximum Gasteiger partial charge on any atom is 0.304 e. The SMILES string of the molecule is O=C(O)CC(c1ccccc1)C1(O)Cc2c(cccc2OCc2ccsc2)N1. The first-order valence-corrected chi connectivity index (χ1v) is 10.0. The van der Waals surface area contributed by atoms with E-state index in [0.717, 1.165) is 22.4 Å². The number of hydrogen-bond donors (Lipinski definition) is 3. The summed E-state index contributed by atoms with van der Waals surface area (Å²) in [6, 6.07) is 16.9. The number of aliphatic hydroxyl groups is 1. The molecule has 0 saturated carbocycles. The van der Waals surface area contributed by atoms with Crippen molar-refractivity contribution in [3.8, 4) is 5.75 Å². The maximum atomic E-state index is 11.5. The van der Waals surface area contributed by atoms with E-state index >= 15 is 0 Å². The van der Waals surface area contributed by atoms with Crippen LogP contribution in [0.5, 0.6) is 5.75 Å². The third kappa shape index (κ3) is 3.74. The van der Waals surface area contributed by atoms with Crippen LogP contribution in [0.4, 0.5) is 5.69 Å². The Bertz CT molecular complexity index is 958. The summed E-state index contributed by atoms with van der Waals surface area (Å²) in [4.78, 5) is 11.5. The van der Waals surface area contributed by atoms with E-state index in [2.05, 4.69) is 5.32 Å². The van der Waals surface area contributed by atoms with Crippen LogP contribution in [0.2, 0.25) is 0 Å². The van der Waals surface area contributed by atoms with Gasteiger partial charge in [-0.3, -0.25) is 4.79 Å². The number of carboxylic acids is 1. The molecule has 2 unspecified atom stereocenters. The number of carboxylic acid groups (broad SMARTS) is 1. The predicted octanol–water partition coefficient (Wildman–Crippen LogP) is 4.24. The highest BCUT2D eigenvalue weighted by Crippen LogP contribution is 2.44. The molecule has 6 heteroatoms. The van der Waals surface area contributed by atoms with Crippen LogP contribution in [0.1, 0.15) is 29.0 Å². The van der Waals surface area contributed by atoms with Gasteiger partial charge >= 0.3 is 5.97 Å². The molecule has 0 spiro atoms. The lowest BCUT2D eigenvalue weighted by Crippen LogP contribution is -2.43. The molecule has 1 aromatic heterocycles. The van der Waals surface area contributed by atoms with Gasteiger partial charge in [0.05, 0.1) is 6.42 Å². The second kappa shape index (κ2) is 7.66. The molecular formula is C22H21NO4S. The summed E-state index contributed by atoms with van der Waals surface area (Å²) in [6.45, 7) is 0.454. The van der Waals surface area contributed by atoms with Gasteiger partial charge in [-0.15, -0.1) is 0 Å². The third-order valence-corrected chi connectivity index (χ3v) is 5.79. The summed E-state index contributed by atoms with van der Waals surface area (Å²) in [5.41, 5.74) is 2.12. The zero-order valence-electron chi connectivity index (χ0n) is 15.2. The minimum absolute atomic E-state index is 0.174. The molecule has 28 heavy (non-hydrogen) atoms. The topological polar surface area (TPSA) is 78.8 Å². The molecule has 1 aliphatic heterocycles. The molecule has 2 heterocycles. The van der Waals surface area contributed by atoms with E-state index in [-0.39, 0.29) is 12.8 Å². The highest BCUT2D eigenvalue weighted by atomic mass is 32.1. The number of fused-ring (bicyclic) bond motifs is 1. The van der Waals surface area contributed by atoms with E-state index in [4.69, 9.17) is 4.74 Å². The van der Waals surface area contributed by atoms with Gasteiger partial charge < -0.3 is 20.3 Å². The third-order valence-electron chi connectivity index (χ3n) is 5.06. The molecule has 144 valence electrons. The lowest BCUT2D eigenvalue weighted by molar-refractivity contribution is -0.139. The Morgan fingerprint density at radius 1 is 1.18 bits per heavy atom. The van der Waals surface area contributed by atoms with Gasteiger partial charge in [-0.05, 0) is 40.1 Å². The summed E-state index contributed by atoms with van der Waals surface area (Å²) in [7, 11) is 0. The van der Waals surface area contributed by atoms with Crippen LogP contribution in [0, 0.1) is 0 Å². The van der Waals surface area contributed by atoms with E-state index in [1.165, 1.54) is 0 Å². The number of hydrogen-bond acceptors (Lipinski definition) is 5. The zero-order valence-corrected chi connectivity index (χ0v) is 16.0. The van der Waals surface area contributed by atoms with Crippen LogP contribution in [-0.4, -0.2) is 21.9 Å². The molecule has 3 N–H and O–H groups in total. The van der Waals surface area contributed by atoms with E-state index in [9.17, 15) is 15.0 Å². The van der Waals surface area contributed by atoms with Gasteiger partial charge in [-0.25, -0.2) is 0 Å². The van der Waals surface area contributed by atoms with Crippen LogP contribution in [0.15, 0.2) is 65.4 Å². The number of carbonyl (C=O) groups is 1. The molecule has 0 aliphatic carbocycles. The summed E-state index contributed by atoms with van der Waals surface area (Å²) < 4.78 is 5.99. The summed E-state index contributed by atoms with van der Waals surface area (Å²) in [5, 5.41) is 28.0. The van der Waals surface area contributed by atoms with E-state index in [1.54, 1.807) is 11.3 Å². The summed E-state index contributed by atoms with van der Waals surface area (Å²) in [5.74, 6) is -0.841. The fraction of sp³-hybridized carbons (Fsp3) is 0.227. The second-order valence-electron chi connectivity index (χ2n) is 6.99. The Hall–Kier alpha value is -2.83. The molecule has 0 amide bonds. The minimum atomic E-state index is -1.40. The Labute approximate surface area is 167 Å². The standard InChI is InChI=1S/C22H21NO4S/c24-21(25)11-18(16-5-2-1-3-6-16)22(26)12-17-19(23-22)7-4-8-20(17)27-13-15-9-10-28-14-15/h1-10,14,18,23,26H,11-13H2,(H,24,25). The Morgan fingerprint density at radius 3 is 2.71 bits per heavy atom. The molecule has 5 nitrogen and oxygen atoms in total. The van der Waals surface area contributed by atoms with Crippen LogP contribution in [-0.2, 0) is 17.8 Å². The number of ether oxygens (including phenoxy) is 1. The fourth-order valence-electron chi connectivity index (χ4n) is 3.72. The van der Waals surface area contributed by atoms with Crippen molar-refractivity contribution in [1.82, 2.24) is 0 Å². The van der Waals surface area contributed by atoms with Gasteiger partial charge in [0.2, 0.25) is 0 Å². The van der Waals surface area contributed by atoms with Crippen LogP contribution in [0.3, 0.4) is 0 Å². The smallest absolute Gasteiger partial charge is 0.304 e. The van der Waals surface area contributed by atoms with Crippen LogP contribution < -0.4 is 10.1 Å². The quantitative estimate of drug-likeness (QED) is 0.558. The van der Waals surface area contributed by atoms with Crippen molar-refractivity contribution in [2.24, 2.45) is 0 Å². The summed E-state index contributed by atoms with van der Waals surface area (Å²) in [6.07, 6.45) is 0.0988. The largest absolute Gasteiger partial charge is 0.489 e. The predicted molar refractivity (Wildman–Crippen MR) is 109 cm³/mol. The Balaban J connectivity index is 1.61. The maximum absolute atomic E-state index is 11.5. The average molecular weight is 395 g/mol. The number of aliphatic carboxylic acids is 1. The van der Waals surface area contributed by atoms with Crippen molar-refractivity contribution in [2.75, 3.05) is 5.32 Å². The van der Waals surface area contributed by atoms with Crippen molar-refractivity contribution < 1.29 is 19.7 Å². The monoisotopic (exact) mass is 395 g/mol. The molecule has 2 atom stereocenters. The van der Waals surface area contributed by atoms with E-state index in [0.29, 0.717) is 12.4 Å². The molecule has 1 aliphatic rings. The fourth-order valence-corrected chi connectivity index (χ4v) is 4.37. The van der Waals surface area contributed by atoms with Crippen molar-refractivity contribution in [3.63, 3.8) is 0 Å². The lowest BCUT2D eigenvalue weighted by Gasteiger charge is -2.33. The molecule has 0 radical (unpaired) electrons. The zero-order chi connectivity index (χ0) is 19.6. The first-order chi connectivity index (χ1) is 13.5. The lowest BCUT2D eigenvalue weighted by atomic mass is 9.84. The summed E-state index contributed by atoms with van der Waals surface area (Å²) >= 11 is 1.62. The highest BCUT2D eigenvalue weighted by Gasteiger charge is 2.44. The van der Waals surface area contributed by atoms with Gasteiger partial charge in [0.25, 0.3) is 0 Å². The first kappa shape index (κ1) is 18.5. The number of anilines is 1. The number of thiophene rings is 1. The molecule has 4 rings (SSSR count). The van der Waals surface area contributed by atoms with Crippen molar-refractivity contribution >= 4 is 23.0 Å². The minimum Gasteiger partial charge on any atom is -0.489 e. The van der Waals surface area contributed by atoms with Gasteiger partial charge in [0.1, 0.15) is 18.1 Å². The molecule has 0 fully saturated rings. The van der Waals surface area contributed by atoms with E-state index < -0.39 is 17.6 Å². The number of benzene rings is 2. The number of rotatable bonds is 7. The molecular weight excluding hydrogens is 374 g/mol. The molecule has 0 bridgehead atoms. The molecule has 2 aromatic carbocycles. The normalized spacial score (nSPS) is 18.9. The van der Waals surface area contributed by atoms with Crippen LogP contribution in [0.25, 0.3) is 0 Å². The van der Waals surface area contributed by atoms with Crippen molar-refractivity contribution in [2.45, 2.75) is 31.1 Å². The van der Waals surface area contributed by atoms with Gasteiger partial charge in [-0.2, -0.15) is 11.3 Å². The van der Waals surface area contributed by atoms with E-state index in [1.807, 2.05) is 65.4 Å². The molecule has 0 saturated heterocycles. The van der Waals surface area contributed by atoms with Gasteiger partial charge in [-0.1, -0.05) is 36.4 Å². The average Bonchev–Trinajstić information content (AvgIpc) is 3.32. The van der Waals surface area contributed by atoms with Crippen LogP contribution >= 0.6 is 11.3 Å². The number of nitrogens with one attached hydrogen (secondary N) is 1. The highest BCUT2D eigenvalue weighted by molar-refractivity contribution is 7.07. The first-order valence-electron chi connectivity index (χ1n) is 9.08. The van der Waals surface area contributed by atoms with Gasteiger partial charge in [0.15, 0.2) is 0 Å².